The molecule has 3 heterocycles. The molecule has 0 saturated carbocycles. The Labute approximate surface area is 265 Å². The minimum absolute atomic E-state index is 0.128. The monoisotopic (exact) mass is 771 g/mol. The molecular weight excluding hydrogens is 757 g/mol. The Kier molecular flexibility index (Phi) is 6.71. The second-order valence-corrected chi connectivity index (χ2v) is 16.6. The Balaban J connectivity index is 2.05. The maximum atomic E-state index is 15.1. The van der Waals surface area contributed by atoms with Gasteiger partial charge >= 0.3 is 265 Å². The van der Waals surface area contributed by atoms with E-state index in [2.05, 4.69) is 13.6 Å². The molecule has 1 fully saturated rings. The number of hydrogen-bond acceptors (Lipinski definition) is 3. The molecule has 3 aromatic rings. The summed E-state index contributed by atoms with van der Waals surface area (Å²) in [7, 11) is 0. The molecule has 3 nitrogen and oxygen atoms in total. The van der Waals surface area contributed by atoms with E-state index >= 15 is 79.0 Å². The van der Waals surface area contributed by atoms with Crippen LogP contribution in [0.1, 0.15) is 22.3 Å². The summed E-state index contributed by atoms with van der Waals surface area (Å²) in [5, 5.41) is -4.65. The average molecular weight is 771 g/mol. The molecule has 3 aliphatic rings. The molecule has 1 unspecified atom stereocenters. The molecule has 3 aromatic carbocycles. The molecule has 0 aromatic heterocycles. The van der Waals surface area contributed by atoms with Crippen molar-refractivity contribution in [2.24, 2.45) is 0 Å². The first-order valence-electron chi connectivity index (χ1n) is 13.4. The Morgan fingerprint density at radius 3 is 1.04 bits per heavy atom. The van der Waals surface area contributed by atoms with Gasteiger partial charge in [0.25, 0.3) is 0 Å². The van der Waals surface area contributed by atoms with Gasteiger partial charge < -0.3 is 0 Å². The van der Waals surface area contributed by atoms with E-state index in [1.165, 1.54) is 0 Å². The molecule has 0 bridgehead atoms. The number of benzene rings is 3. The zero-order valence-corrected chi connectivity index (χ0v) is 24.5. The van der Waals surface area contributed by atoms with Crippen molar-refractivity contribution in [3.8, 4) is 0 Å². The van der Waals surface area contributed by atoms with Gasteiger partial charge in [0.15, 0.2) is 0 Å². The first-order valence-corrected chi connectivity index (χ1v) is 15.9. The van der Waals surface area contributed by atoms with Gasteiger partial charge in [0.05, 0.1) is 0 Å². The summed E-state index contributed by atoms with van der Waals surface area (Å²) in [5.41, 5.74) is -30.0. The van der Waals surface area contributed by atoms with E-state index in [-0.39, 0.29) is 36.4 Å². The summed E-state index contributed by atoms with van der Waals surface area (Å²) < 4.78 is 286. The van der Waals surface area contributed by atoms with Crippen molar-refractivity contribution in [2.75, 3.05) is 0 Å². The minimum atomic E-state index is -9.85. The van der Waals surface area contributed by atoms with Crippen LogP contribution in [0.5, 0.6) is 0 Å². The Morgan fingerprint density at radius 2 is 0.720 bits per heavy atom. The summed E-state index contributed by atoms with van der Waals surface area (Å²) >= 11 is 0. The van der Waals surface area contributed by atoms with Crippen LogP contribution in [-0.2, 0) is 24.8 Å². The van der Waals surface area contributed by atoms with Gasteiger partial charge in [-0.15, -0.1) is 0 Å². The average Bonchev–Trinajstić information content (AvgIpc) is 3.38. The van der Waals surface area contributed by atoms with Gasteiger partial charge in [-0.3, -0.25) is 0 Å². The fourth-order valence-corrected chi connectivity index (χ4v) is 16.8. The van der Waals surface area contributed by atoms with Crippen molar-refractivity contribution in [3.63, 3.8) is 0 Å². The predicted molar refractivity (Wildman–Crippen MR) is 134 cm³/mol. The second kappa shape index (κ2) is 9.19. The van der Waals surface area contributed by atoms with Crippen LogP contribution < -0.4 is 10.6 Å². The molecule has 1 spiro atoms. The zero-order chi connectivity index (χ0) is 37.7. The number of hydrogen-bond donors (Lipinski definition) is 0. The van der Waals surface area contributed by atoms with Crippen molar-refractivity contribution >= 4 is 17.2 Å². The van der Waals surface area contributed by atoms with Crippen molar-refractivity contribution < 1.29 is 92.6 Å². The molecule has 3 aliphatic heterocycles. The van der Waals surface area contributed by atoms with Crippen LogP contribution in [0.2, 0.25) is 0 Å². The van der Waals surface area contributed by atoms with Gasteiger partial charge in [-0.25, -0.2) is 0 Å². The van der Waals surface area contributed by atoms with Crippen molar-refractivity contribution in [2.45, 2.75) is 59.5 Å². The van der Waals surface area contributed by atoms with Crippen LogP contribution in [0.4, 0.5) is 79.0 Å². The van der Waals surface area contributed by atoms with Crippen LogP contribution in [0, 0.1) is 0 Å². The second-order valence-electron chi connectivity index (χ2n) is 11.7. The Bertz CT molecular complexity index is 1750. The molecular formula is C28H14F18O3P-. The quantitative estimate of drug-likeness (QED) is 0.182. The topological polar surface area (TPSA) is 27.7 Å². The third kappa shape index (κ3) is 3.48. The van der Waals surface area contributed by atoms with E-state index in [9.17, 15) is 0 Å². The molecule has 6 rings (SSSR count). The van der Waals surface area contributed by atoms with Gasteiger partial charge in [0.1, 0.15) is 0 Å². The summed E-state index contributed by atoms with van der Waals surface area (Å²) in [5.74, 6) is 0. The molecule has 276 valence electrons. The SMILES string of the molecule is FC(F)(F)C1(C(F)(F)F)O[P-]23(OC(C(F)(F)F)(C(F)(F)F)c4ccccc42)(OC(C(F)(F)F)(C(F)(F)F)C3c2ccccc2)c2ccccc21. The summed E-state index contributed by atoms with van der Waals surface area (Å²) in [4.78, 5) is 0. The molecule has 1 saturated heterocycles. The summed E-state index contributed by atoms with van der Waals surface area (Å²) in [6.07, 6.45) is -42.5. The molecule has 50 heavy (non-hydrogen) atoms. The number of alkyl halides is 18. The third-order valence-corrected chi connectivity index (χ3v) is 16.2. The summed E-state index contributed by atoms with van der Waals surface area (Å²) in [6, 6.07) is 2.98. The molecule has 0 N–H and O–H groups in total. The Hall–Kier alpha value is -3.29. The zero-order valence-electron chi connectivity index (χ0n) is 23.6. The third-order valence-electron chi connectivity index (χ3n) is 9.26. The van der Waals surface area contributed by atoms with Crippen LogP contribution in [0.25, 0.3) is 0 Å². The van der Waals surface area contributed by atoms with E-state index in [1.54, 1.807) is 0 Å². The van der Waals surface area contributed by atoms with Crippen molar-refractivity contribution in [3.05, 3.63) is 95.6 Å². The molecule has 0 radical (unpaired) electrons. The predicted octanol–water partition coefficient (Wildman–Crippen LogP) is 9.81. The normalized spacial score (nSPS) is 25.8. The first-order chi connectivity index (χ1) is 22.4. The van der Waals surface area contributed by atoms with E-state index in [0.717, 1.165) is 6.07 Å². The fourth-order valence-electron chi connectivity index (χ4n) is 7.78. The van der Waals surface area contributed by atoms with E-state index < -0.39 is 93.4 Å². The number of halogens is 18. The molecule has 22 heteroatoms. The maximum absolute atomic E-state index is 15.1. The molecule has 0 aliphatic carbocycles. The van der Waals surface area contributed by atoms with E-state index in [4.69, 9.17) is 0 Å². The number of rotatable bonds is 1. The van der Waals surface area contributed by atoms with Gasteiger partial charge in [0.2, 0.25) is 0 Å². The van der Waals surface area contributed by atoms with Crippen LogP contribution in [0.15, 0.2) is 78.9 Å². The molecule has 0 amide bonds. The first kappa shape index (κ1) is 36.5. The van der Waals surface area contributed by atoms with Crippen molar-refractivity contribution in [1.29, 1.82) is 0 Å². The van der Waals surface area contributed by atoms with Crippen molar-refractivity contribution in [1.82, 2.24) is 0 Å². The number of fused-ring (bicyclic) bond motifs is 2. The van der Waals surface area contributed by atoms with Gasteiger partial charge in [-0.05, 0) is 0 Å². The van der Waals surface area contributed by atoms with Crippen LogP contribution in [0.3, 0.4) is 0 Å². The Morgan fingerprint density at radius 1 is 0.400 bits per heavy atom. The van der Waals surface area contributed by atoms with Gasteiger partial charge in [0, 0.05) is 0 Å². The molecule has 1 atom stereocenters. The fraction of sp³-hybridized carbons (Fsp3) is 0.357. The van der Waals surface area contributed by atoms with E-state index in [0.29, 0.717) is 36.4 Å². The van der Waals surface area contributed by atoms with Crippen LogP contribution in [-0.4, -0.2) is 42.7 Å². The van der Waals surface area contributed by atoms with Gasteiger partial charge in [-0.2, -0.15) is 0 Å². The standard InChI is InChI=1S/C28H14F18O3P/c29-23(30,31)20(24(32,33)34)15-10-4-6-12-17(15)50(47-20,18-13-7-5-11-16(18)21(48-50,25(35,36)37)26(38,39)40)19(14-8-2-1-3-9-14)22(49-50,27(41,42)43)28(44,45)46/h1-13,19H/q-1. The van der Waals surface area contributed by atoms with E-state index in [1.807, 2.05) is 0 Å². The van der Waals surface area contributed by atoms with Gasteiger partial charge in [-0.1, -0.05) is 0 Å². The van der Waals surface area contributed by atoms with Crippen LogP contribution >= 0.6 is 6.63 Å². The summed E-state index contributed by atoms with van der Waals surface area (Å²) in [6.45, 7) is -9.85.